The molecule has 1 saturated heterocycles. The lowest BCUT2D eigenvalue weighted by Crippen LogP contribution is -2.36. The minimum atomic E-state index is 0.353. The van der Waals surface area contributed by atoms with E-state index in [1.165, 1.54) is 0 Å². The van der Waals surface area contributed by atoms with Gasteiger partial charge in [-0.3, -0.25) is 14.6 Å². The summed E-state index contributed by atoms with van der Waals surface area (Å²) in [6, 6.07) is 8.07. The Balaban J connectivity index is 1.40. The first-order chi connectivity index (χ1) is 10.8. The van der Waals surface area contributed by atoms with E-state index in [-0.39, 0.29) is 0 Å². The van der Waals surface area contributed by atoms with E-state index in [2.05, 4.69) is 34.2 Å². The number of piperidine rings is 1. The van der Waals surface area contributed by atoms with E-state index in [0.29, 0.717) is 12.7 Å². The topological polar surface area (TPSA) is 43.2 Å². The van der Waals surface area contributed by atoms with Crippen molar-refractivity contribution in [3.05, 3.63) is 48.0 Å². The van der Waals surface area contributed by atoms with Crippen LogP contribution in [-0.2, 0) is 24.4 Å². The van der Waals surface area contributed by atoms with Crippen LogP contribution in [-0.4, -0.2) is 38.9 Å². The van der Waals surface area contributed by atoms with Gasteiger partial charge < -0.3 is 4.74 Å². The van der Waals surface area contributed by atoms with Crippen LogP contribution in [0.2, 0.25) is 0 Å². The molecule has 2 aromatic rings. The van der Waals surface area contributed by atoms with E-state index in [0.717, 1.165) is 50.4 Å². The van der Waals surface area contributed by atoms with Crippen molar-refractivity contribution in [3.8, 4) is 0 Å². The van der Waals surface area contributed by atoms with E-state index >= 15 is 0 Å². The molecule has 1 fully saturated rings. The molecular formula is C17H24N4O. The van der Waals surface area contributed by atoms with Crippen molar-refractivity contribution in [2.75, 3.05) is 13.1 Å². The molecule has 5 nitrogen and oxygen atoms in total. The van der Waals surface area contributed by atoms with Crippen molar-refractivity contribution in [3.63, 3.8) is 0 Å². The molecule has 3 heterocycles. The van der Waals surface area contributed by atoms with Gasteiger partial charge in [0.1, 0.15) is 0 Å². The summed E-state index contributed by atoms with van der Waals surface area (Å²) in [5, 5.41) is 4.55. The Bertz CT molecular complexity index is 561. The zero-order chi connectivity index (χ0) is 15.2. The van der Waals surface area contributed by atoms with Crippen LogP contribution < -0.4 is 0 Å². The first-order valence-corrected chi connectivity index (χ1v) is 8.09. The molecule has 0 atom stereocenters. The molecule has 0 radical (unpaired) electrons. The minimum absolute atomic E-state index is 0.353. The van der Waals surface area contributed by atoms with Crippen LogP contribution in [0.4, 0.5) is 0 Å². The predicted molar refractivity (Wildman–Crippen MR) is 85.2 cm³/mol. The fourth-order valence-corrected chi connectivity index (χ4v) is 2.81. The summed E-state index contributed by atoms with van der Waals surface area (Å²) in [5.41, 5.74) is 2.17. The number of nitrogens with zero attached hydrogens (tertiary/aromatic N) is 4. The maximum Gasteiger partial charge on any atom is 0.0891 e. The third kappa shape index (κ3) is 4.15. The van der Waals surface area contributed by atoms with E-state index < -0.39 is 0 Å². The molecule has 0 N–H and O–H groups in total. The van der Waals surface area contributed by atoms with Crippen LogP contribution in [0.3, 0.4) is 0 Å². The Morgan fingerprint density at radius 3 is 2.73 bits per heavy atom. The van der Waals surface area contributed by atoms with Gasteiger partial charge in [0.05, 0.1) is 24.1 Å². The van der Waals surface area contributed by atoms with Gasteiger partial charge in [-0.15, -0.1) is 0 Å². The molecule has 1 aliphatic heterocycles. The lowest BCUT2D eigenvalue weighted by atomic mass is 10.1. The Kier molecular flexibility index (Phi) is 5.19. The van der Waals surface area contributed by atoms with E-state index in [9.17, 15) is 0 Å². The molecule has 0 aliphatic carbocycles. The molecule has 2 aromatic heterocycles. The Morgan fingerprint density at radius 1 is 1.18 bits per heavy atom. The standard InChI is InChI=1S/C17H24N4O/c1-2-21-12-6-15(19-21)13-20-10-7-17(8-11-20)22-14-16-5-3-4-9-18-16/h3-6,9,12,17H,2,7-8,10-11,13-14H2,1H3. The molecule has 0 unspecified atom stereocenters. The highest BCUT2D eigenvalue weighted by Crippen LogP contribution is 2.16. The summed E-state index contributed by atoms with van der Waals surface area (Å²) in [7, 11) is 0. The molecule has 0 spiro atoms. The van der Waals surface area contributed by atoms with Gasteiger partial charge >= 0.3 is 0 Å². The number of ether oxygens (including phenoxy) is 1. The van der Waals surface area contributed by atoms with Gasteiger partial charge in [0.15, 0.2) is 0 Å². The zero-order valence-electron chi connectivity index (χ0n) is 13.2. The van der Waals surface area contributed by atoms with Gasteiger partial charge in [-0.1, -0.05) is 6.07 Å². The molecule has 5 heteroatoms. The fourth-order valence-electron chi connectivity index (χ4n) is 2.81. The minimum Gasteiger partial charge on any atom is -0.372 e. The van der Waals surface area contributed by atoms with Crippen molar-refractivity contribution in [2.45, 2.75) is 45.6 Å². The largest absolute Gasteiger partial charge is 0.372 e. The molecule has 0 bridgehead atoms. The summed E-state index contributed by atoms with van der Waals surface area (Å²) in [4.78, 5) is 6.76. The van der Waals surface area contributed by atoms with Gasteiger partial charge in [-0.05, 0) is 38.0 Å². The molecule has 118 valence electrons. The lowest BCUT2D eigenvalue weighted by molar-refractivity contribution is -0.00545. The van der Waals surface area contributed by atoms with Gasteiger partial charge in [0.2, 0.25) is 0 Å². The van der Waals surface area contributed by atoms with Crippen molar-refractivity contribution in [1.29, 1.82) is 0 Å². The lowest BCUT2D eigenvalue weighted by Gasteiger charge is -2.31. The molecule has 22 heavy (non-hydrogen) atoms. The summed E-state index contributed by atoms with van der Waals surface area (Å²) < 4.78 is 7.96. The number of pyridine rings is 1. The first kappa shape index (κ1) is 15.2. The van der Waals surface area contributed by atoms with Crippen LogP contribution in [0.15, 0.2) is 36.7 Å². The van der Waals surface area contributed by atoms with Crippen molar-refractivity contribution in [1.82, 2.24) is 19.7 Å². The molecule has 0 amide bonds. The van der Waals surface area contributed by atoms with E-state index in [4.69, 9.17) is 4.74 Å². The SMILES string of the molecule is CCn1ccc(CN2CCC(OCc3ccccn3)CC2)n1. The molecule has 1 aliphatic rings. The summed E-state index contributed by atoms with van der Waals surface area (Å²) in [6.45, 7) is 6.76. The van der Waals surface area contributed by atoms with Gasteiger partial charge in [-0.2, -0.15) is 5.10 Å². The van der Waals surface area contributed by atoms with Crippen LogP contribution in [0, 0.1) is 0 Å². The smallest absolute Gasteiger partial charge is 0.0891 e. The third-order valence-corrected chi connectivity index (χ3v) is 4.13. The zero-order valence-corrected chi connectivity index (χ0v) is 13.2. The maximum absolute atomic E-state index is 5.98. The van der Waals surface area contributed by atoms with Gasteiger partial charge in [0.25, 0.3) is 0 Å². The van der Waals surface area contributed by atoms with Crippen LogP contribution >= 0.6 is 0 Å². The summed E-state index contributed by atoms with van der Waals surface area (Å²) in [5.74, 6) is 0. The van der Waals surface area contributed by atoms with Gasteiger partial charge in [-0.25, -0.2) is 0 Å². The van der Waals surface area contributed by atoms with Crippen LogP contribution in [0.5, 0.6) is 0 Å². The highest BCUT2D eigenvalue weighted by Gasteiger charge is 2.20. The second-order valence-corrected chi connectivity index (χ2v) is 5.77. The van der Waals surface area contributed by atoms with Crippen LogP contribution in [0.25, 0.3) is 0 Å². The Hall–Kier alpha value is -1.72. The fraction of sp³-hybridized carbons (Fsp3) is 0.529. The maximum atomic E-state index is 5.98. The average Bonchev–Trinajstić information content (AvgIpc) is 3.03. The summed E-state index contributed by atoms with van der Waals surface area (Å²) in [6.07, 6.45) is 6.39. The van der Waals surface area contributed by atoms with E-state index in [1.807, 2.05) is 29.1 Å². The monoisotopic (exact) mass is 300 g/mol. The quantitative estimate of drug-likeness (QED) is 0.822. The number of aromatic nitrogens is 3. The Morgan fingerprint density at radius 2 is 2.05 bits per heavy atom. The van der Waals surface area contributed by atoms with Crippen molar-refractivity contribution in [2.24, 2.45) is 0 Å². The van der Waals surface area contributed by atoms with Crippen LogP contribution in [0.1, 0.15) is 31.2 Å². The number of likely N-dealkylation sites (tertiary alicyclic amines) is 1. The highest BCUT2D eigenvalue weighted by molar-refractivity contribution is 5.02. The first-order valence-electron chi connectivity index (χ1n) is 8.09. The number of hydrogen-bond acceptors (Lipinski definition) is 4. The highest BCUT2D eigenvalue weighted by atomic mass is 16.5. The van der Waals surface area contributed by atoms with Gasteiger partial charge in [0, 0.05) is 38.6 Å². The molecule has 3 rings (SSSR count). The number of hydrogen-bond donors (Lipinski definition) is 0. The molecular weight excluding hydrogens is 276 g/mol. The molecule has 0 saturated carbocycles. The number of rotatable bonds is 6. The normalized spacial score (nSPS) is 17.0. The predicted octanol–water partition coefficient (Wildman–Crippen LogP) is 2.48. The molecule has 0 aromatic carbocycles. The average molecular weight is 300 g/mol. The van der Waals surface area contributed by atoms with Crippen molar-refractivity contribution >= 4 is 0 Å². The summed E-state index contributed by atoms with van der Waals surface area (Å²) >= 11 is 0. The third-order valence-electron chi connectivity index (χ3n) is 4.13. The second-order valence-electron chi connectivity index (χ2n) is 5.77. The Labute approximate surface area is 131 Å². The van der Waals surface area contributed by atoms with E-state index in [1.54, 1.807) is 0 Å². The number of aryl methyl sites for hydroxylation is 1. The second kappa shape index (κ2) is 7.51. The van der Waals surface area contributed by atoms with Crippen molar-refractivity contribution < 1.29 is 4.74 Å².